The highest BCUT2D eigenvalue weighted by molar-refractivity contribution is 5.82. The fourth-order valence-corrected chi connectivity index (χ4v) is 1.06. The van der Waals surface area contributed by atoms with Crippen LogP contribution in [0.4, 0.5) is 0 Å². The van der Waals surface area contributed by atoms with Gasteiger partial charge in [0.05, 0.1) is 0 Å². The molecule has 0 radical (unpaired) electrons. The van der Waals surface area contributed by atoms with E-state index in [2.05, 4.69) is 5.32 Å². The van der Waals surface area contributed by atoms with E-state index in [1.807, 2.05) is 0 Å². The third-order valence-electron chi connectivity index (χ3n) is 1.84. The molecule has 0 aromatic heterocycles. The molecule has 0 spiro atoms. The van der Waals surface area contributed by atoms with E-state index in [0.29, 0.717) is 0 Å². The first-order chi connectivity index (χ1) is 5.59. The van der Waals surface area contributed by atoms with Gasteiger partial charge in [-0.1, -0.05) is 0 Å². The topological polar surface area (TPSA) is 72.2 Å². The fraction of sp³-hybridized carbons (Fsp3) is 0.750. The second kappa shape index (κ2) is 3.56. The number of hydrogen-bond donors (Lipinski definition) is 2. The Bertz CT molecular complexity index is 199. The van der Waals surface area contributed by atoms with Gasteiger partial charge in [-0.25, -0.2) is 0 Å². The van der Waals surface area contributed by atoms with Crippen LogP contribution in [0, 0.1) is 5.92 Å². The monoisotopic (exact) mass is 170 g/mol. The summed E-state index contributed by atoms with van der Waals surface area (Å²) in [6, 6.07) is -0.129. The highest BCUT2D eigenvalue weighted by Crippen LogP contribution is 2.28. The van der Waals surface area contributed by atoms with Crippen molar-refractivity contribution >= 4 is 11.8 Å². The van der Waals surface area contributed by atoms with Crippen LogP contribution in [-0.2, 0) is 9.59 Å². The average molecular weight is 170 g/mol. The molecule has 3 N–H and O–H groups in total. The van der Waals surface area contributed by atoms with Crippen LogP contribution < -0.4 is 11.1 Å². The first-order valence-corrected chi connectivity index (χ1v) is 4.18. The standard InChI is InChI=1S/C8H14N2O2/c1-5(4-7(9)11)10-8(12)6-2-3-6/h5-6H,2-4H2,1H3,(H2,9,11)(H,10,12). The molecular weight excluding hydrogens is 156 g/mol. The molecule has 0 heterocycles. The van der Waals surface area contributed by atoms with Crippen LogP contribution >= 0.6 is 0 Å². The van der Waals surface area contributed by atoms with Crippen LogP contribution in [0.1, 0.15) is 26.2 Å². The Morgan fingerprint density at radius 1 is 1.58 bits per heavy atom. The van der Waals surface area contributed by atoms with Gasteiger partial charge in [-0.15, -0.1) is 0 Å². The average Bonchev–Trinajstić information content (AvgIpc) is 2.63. The van der Waals surface area contributed by atoms with E-state index in [1.165, 1.54) is 0 Å². The number of carbonyl (C=O) groups excluding carboxylic acids is 2. The van der Waals surface area contributed by atoms with Crippen molar-refractivity contribution < 1.29 is 9.59 Å². The number of primary amides is 1. The molecule has 1 unspecified atom stereocenters. The maximum atomic E-state index is 11.1. The first-order valence-electron chi connectivity index (χ1n) is 4.18. The number of rotatable bonds is 4. The number of nitrogens with one attached hydrogen (secondary N) is 1. The van der Waals surface area contributed by atoms with Gasteiger partial charge in [-0.3, -0.25) is 9.59 Å². The minimum Gasteiger partial charge on any atom is -0.370 e. The largest absolute Gasteiger partial charge is 0.370 e. The van der Waals surface area contributed by atoms with Crippen LogP contribution in [0.5, 0.6) is 0 Å². The minimum absolute atomic E-state index is 0.0590. The van der Waals surface area contributed by atoms with E-state index in [-0.39, 0.29) is 30.2 Å². The lowest BCUT2D eigenvalue weighted by atomic mass is 10.2. The third-order valence-corrected chi connectivity index (χ3v) is 1.84. The van der Waals surface area contributed by atoms with Gasteiger partial charge < -0.3 is 11.1 Å². The Labute approximate surface area is 71.5 Å². The zero-order chi connectivity index (χ0) is 9.14. The van der Waals surface area contributed by atoms with Gasteiger partial charge in [0.1, 0.15) is 0 Å². The molecule has 0 aliphatic heterocycles. The summed E-state index contributed by atoms with van der Waals surface area (Å²) in [5, 5.41) is 2.73. The minimum atomic E-state index is -0.376. The summed E-state index contributed by atoms with van der Waals surface area (Å²) in [5.41, 5.74) is 4.97. The van der Waals surface area contributed by atoms with Gasteiger partial charge in [-0.2, -0.15) is 0 Å². The molecule has 1 atom stereocenters. The summed E-state index contributed by atoms with van der Waals surface area (Å²) in [4.78, 5) is 21.6. The second-order valence-corrected chi connectivity index (χ2v) is 3.35. The van der Waals surface area contributed by atoms with Gasteiger partial charge in [-0.05, 0) is 19.8 Å². The third kappa shape index (κ3) is 2.90. The molecule has 0 saturated heterocycles. The maximum Gasteiger partial charge on any atom is 0.223 e. The molecule has 1 aliphatic rings. The van der Waals surface area contributed by atoms with Gasteiger partial charge in [0.25, 0.3) is 0 Å². The lowest BCUT2D eigenvalue weighted by Crippen LogP contribution is -2.36. The van der Waals surface area contributed by atoms with Gasteiger partial charge in [0.2, 0.25) is 11.8 Å². The Kier molecular flexibility index (Phi) is 2.68. The van der Waals surface area contributed by atoms with Crippen molar-refractivity contribution in [2.45, 2.75) is 32.2 Å². The SMILES string of the molecule is CC(CC(N)=O)NC(=O)C1CC1. The molecule has 4 nitrogen and oxygen atoms in total. The summed E-state index contributed by atoms with van der Waals surface area (Å²) < 4.78 is 0. The molecule has 1 saturated carbocycles. The molecule has 2 amide bonds. The summed E-state index contributed by atoms with van der Waals surface area (Å²) in [5.74, 6) is -0.123. The van der Waals surface area contributed by atoms with E-state index in [0.717, 1.165) is 12.8 Å². The molecule has 0 aromatic carbocycles. The van der Waals surface area contributed by atoms with E-state index in [9.17, 15) is 9.59 Å². The normalized spacial score (nSPS) is 18.4. The Hall–Kier alpha value is -1.06. The van der Waals surface area contributed by atoms with Gasteiger partial charge in [0, 0.05) is 18.4 Å². The first kappa shape index (κ1) is 9.03. The molecule has 4 heteroatoms. The van der Waals surface area contributed by atoms with E-state index < -0.39 is 0 Å². The van der Waals surface area contributed by atoms with Crippen molar-refractivity contribution in [3.63, 3.8) is 0 Å². The number of nitrogens with two attached hydrogens (primary N) is 1. The molecular formula is C8H14N2O2. The van der Waals surface area contributed by atoms with Crippen LogP contribution in [-0.4, -0.2) is 17.9 Å². The highest BCUT2D eigenvalue weighted by Gasteiger charge is 2.30. The maximum absolute atomic E-state index is 11.1. The summed E-state index contributed by atoms with van der Waals surface area (Å²) >= 11 is 0. The molecule has 1 fully saturated rings. The molecule has 0 aromatic rings. The smallest absolute Gasteiger partial charge is 0.223 e. The van der Waals surface area contributed by atoms with Crippen LogP contribution in [0.3, 0.4) is 0 Å². The zero-order valence-electron chi connectivity index (χ0n) is 7.17. The predicted molar refractivity (Wildman–Crippen MR) is 44.1 cm³/mol. The molecule has 1 rings (SSSR count). The molecule has 0 bridgehead atoms. The quantitative estimate of drug-likeness (QED) is 0.612. The van der Waals surface area contributed by atoms with Crippen LogP contribution in [0.25, 0.3) is 0 Å². The highest BCUT2D eigenvalue weighted by atomic mass is 16.2. The second-order valence-electron chi connectivity index (χ2n) is 3.35. The number of carbonyl (C=O) groups is 2. The molecule has 1 aliphatic carbocycles. The van der Waals surface area contributed by atoms with E-state index >= 15 is 0 Å². The molecule has 12 heavy (non-hydrogen) atoms. The van der Waals surface area contributed by atoms with Crippen LogP contribution in [0.15, 0.2) is 0 Å². The van der Waals surface area contributed by atoms with E-state index in [1.54, 1.807) is 6.92 Å². The lowest BCUT2D eigenvalue weighted by Gasteiger charge is -2.10. The van der Waals surface area contributed by atoms with Crippen molar-refractivity contribution in [1.29, 1.82) is 0 Å². The Morgan fingerprint density at radius 3 is 2.58 bits per heavy atom. The Balaban J connectivity index is 2.20. The summed E-state index contributed by atoms with van der Waals surface area (Å²) in [7, 11) is 0. The van der Waals surface area contributed by atoms with Gasteiger partial charge >= 0.3 is 0 Å². The van der Waals surface area contributed by atoms with Gasteiger partial charge in [0.15, 0.2) is 0 Å². The zero-order valence-corrected chi connectivity index (χ0v) is 7.17. The summed E-state index contributed by atoms with van der Waals surface area (Å²) in [6.07, 6.45) is 2.18. The van der Waals surface area contributed by atoms with Crippen molar-refractivity contribution in [2.75, 3.05) is 0 Å². The molecule has 68 valence electrons. The number of amides is 2. The number of hydrogen-bond acceptors (Lipinski definition) is 2. The van der Waals surface area contributed by atoms with E-state index in [4.69, 9.17) is 5.73 Å². The van der Waals surface area contributed by atoms with Crippen molar-refractivity contribution in [3.8, 4) is 0 Å². The van der Waals surface area contributed by atoms with Crippen LogP contribution in [0.2, 0.25) is 0 Å². The summed E-state index contributed by atoms with van der Waals surface area (Å²) in [6.45, 7) is 1.78. The fourth-order valence-electron chi connectivity index (χ4n) is 1.06. The lowest BCUT2D eigenvalue weighted by molar-refractivity contribution is -0.123. The predicted octanol–water partition coefficient (Wildman–Crippen LogP) is -0.224. The van der Waals surface area contributed by atoms with Crippen molar-refractivity contribution in [1.82, 2.24) is 5.32 Å². The van der Waals surface area contributed by atoms with Crippen molar-refractivity contribution in [3.05, 3.63) is 0 Å². The Morgan fingerprint density at radius 2 is 2.17 bits per heavy atom. The van der Waals surface area contributed by atoms with Crippen molar-refractivity contribution in [2.24, 2.45) is 11.7 Å².